The molecule has 20 heavy (non-hydrogen) atoms. The summed E-state index contributed by atoms with van der Waals surface area (Å²) < 4.78 is 13.7. The van der Waals surface area contributed by atoms with Crippen molar-refractivity contribution in [2.24, 2.45) is 0 Å². The van der Waals surface area contributed by atoms with Crippen molar-refractivity contribution < 1.29 is 14.3 Å². The fourth-order valence-electron chi connectivity index (χ4n) is 2.29. The van der Waals surface area contributed by atoms with Gasteiger partial charge in [-0.3, -0.25) is 4.90 Å². The van der Waals surface area contributed by atoms with Gasteiger partial charge in [0.2, 0.25) is 0 Å². The highest BCUT2D eigenvalue weighted by Gasteiger charge is 2.15. The fourth-order valence-corrected chi connectivity index (χ4v) is 2.29. The van der Waals surface area contributed by atoms with Gasteiger partial charge in [0.1, 0.15) is 5.82 Å². The summed E-state index contributed by atoms with van der Waals surface area (Å²) in [6, 6.07) is 4.67. The second kappa shape index (κ2) is 7.36. The first-order chi connectivity index (χ1) is 9.35. The zero-order valence-electron chi connectivity index (χ0n) is 12.6. The summed E-state index contributed by atoms with van der Waals surface area (Å²) in [5.41, 5.74) is 0.512. The zero-order valence-corrected chi connectivity index (χ0v) is 12.6. The standard InChI is InChI=1S/C15H23FN2O2/c1-5-18(11(2)9-17(3)4)10-12-6-7-13(15(19)20)14(16)8-12/h6-8,11H,5,9-10H2,1-4H3,(H,19,20). The molecule has 0 aliphatic carbocycles. The normalized spacial score (nSPS) is 12.9. The van der Waals surface area contributed by atoms with Gasteiger partial charge in [0.05, 0.1) is 5.56 Å². The highest BCUT2D eigenvalue weighted by Crippen LogP contribution is 2.14. The van der Waals surface area contributed by atoms with E-state index in [1.54, 1.807) is 6.07 Å². The minimum absolute atomic E-state index is 0.280. The van der Waals surface area contributed by atoms with Crippen molar-refractivity contribution in [3.8, 4) is 0 Å². The van der Waals surface area contributed by atoms with Gasteiger partial charge in [0, 0.05) is 19.1 Å². The van der Waals surface area contributed by atoms with Gasteiger partial charge in [-0.25, -0.2) is 9.18 Å². The summed E-state index contributed by atoms with van der Waals surface area (Å²) in [6.45, 7) is 6.59. The lowest BCUT2D eigenvalue weighted by atomic mass is 10.1. The van der Waals surface area contributed by atoms with Crippen LogP contribution in [0.15, 0.2) is 18.2 Å². The average Bonchev–Trinajstić information content (AvgIpc) is 2.34. The predicted octanol–water partition coefficient (Wildman–Crippen LogP) is 2.30. The maximum Gasteiger partial charge on any atom is 0.338 e. The summed E-state index contributed by atoms with van der Waals surface area (Å²) in [4.78, 5) is 15.1. The number of benzene rings is 1. The monoisotopic (exact) mass is 282 g/mol. The Morgan fingerprint density at radius 1 is 1.40 bits per heavy atom. The quantitative estimate of drug-likeness (QED) is 0.833. The summed E-state index contributed by atoms with van der Waals surface area (Å²) in [6.07, 6.45) is 0. The molecule has 1 aromatic rings. The number of rotatable bonds is 7. The second-order valence-electron chi connectivity index (χ2n) is 5.29. The van der Waals surface area contributed by atoms with Crippen LogP contribution in [-0.4, -0.2) is 54.1 Å². The second-order valence-corrected chi connectivity index (χ2v) is 5.29. The Hall–Kier alpha value is -1.46. The maximum atomic E-state index is 13.7. The van der Waals surface area contributed by atoms with Gasteiger partial charge < -0.3 is 10.0 Å². The Labute approximate surface area is 119 Å². The number of carboxylic acids is 1. The van der Waals surface area contributed by atoms with Gasteiger partial charge in [0.25, 0.3) is 0 Å². The Balaban J connectivity index is 2.80. The number of halogens is 1. The van der Waals surface area contributed by atoms with E-state index in [0.29, 0.717) is 12.6 Å². The van der Waals surface area contributed by atoms with E-state index in [4.69, 9.17) is 5.11 Å². The lowest BCUT2D eigenvalue weighted by molar-refractivity contribution is 0.0692. The Kier molecular flexibility index (Phi) is 6.10. The van der Waals surface area contributed by atoms with Crippen molar-refractivity contribution in [1.82, 2.24) is 9.80 Å². The molecule has 1 rings (SSSR count). The van der Waals surface area contributed by atoms with Crippen LogP contribution in [0.5, 0.6) is 0 Å². The summed E-state index contributed by atoms with van der Waals surface area (Å²) in [7, 11) is 4.04. The van der Waals surface area contributed by atoms with E-state index >= 15 is 0 Å². The number of aromatic carboxylic acids is 1. The maximum absolute atomic E-state index is 13.7. The molecule has 1 atom stereocenters. The van der Waals surface area contributed by atoms with E-state index in [2.05, 4.69) is 23.6 Å². The molecule has 0 aromatic heterocycles. The Morgan fingerprint density at radius 3 is 2.50 bits per heavy atom. The van der Waals surface area contributed by atoms with Crippen molar-refractivity contribution >= 4 is 5.97 Å². The molecular weight excluding hydrogens is 259 g/mol. The van der Waals surface area contributed by atoms with Crippen LogP contribution in [0.1, 0.15) is 29.8 Å². The number of hydrogen-bond acceptors (Lipinski definition) is 3. The van der Waals surface area contributed by atoms with Crippen molar-refractivity contribution in [2.45, 2.75) is 26.4 Å². The SMILES string of the molecule is CCN(Cc1ccc(C(=O)O)c(F)c1)C(C)CN(C)C. The molecule has 1 unspecified atom stereocenters. The number of carbonyl (C=O) groups is 1. The molecule has 1 aromatic carbocycles. The average molecular weight is 282 g/mol. The van der Waals surface area contributed by atoms with Crippen LogP contribution < -0.4 is 0 Å². The van der Waals surface area contributed by atoms with Crippen molar-refractivity contribution in [1.29, 1.82) is 0 Å². The fraction of sp³-hybridized carbons (Fsp3) is 0.533. The molecule has 0 spiro atoms. The van der Waals surface area contributed by atoms with Crippen LogP contribution in [0, 0.1) is 5.82 Å². The van der Waals surface area contributed by atoms with Gasteiger partial charge >= 0.3 is 5.97 Å². The van der Waals surface area contributed by atoms with E-state index in [9.17, 15) is 9.18 Å². The molecule has 0 saturated heterocycles. The zero-order chi connectivity index (χ0) is 15.3. The van der Waals surface area contributed by atoms with Crippen LogP contribution in [0.25, 0.3) is 0 Å². The van der Waals surface area contributed by atoms with Crippen LogP contribution in [0.2, 0.25) is 0 Å². The highest BCUT2D eigenvalue weighted by molar-refractivity contribution is 5.87. The molecule has 0 aliphatic rings. The molecule has 0 aliphatic heterocycles. The number of likely N-dealkylation sites (N-methyl/N-ethyl adjacent to an activating group) is 2. The minimum atomic E-state index is -1.23. The summed E-state index contributed by atoms with van der Waals surface area (Å²) in [5, 5.41) is 8.82. The van der Waals surface area contributed by atoms with Gasteiger partial charge in [-0.1, -0.05) is 13.0 Å². The predicted molar refractivity (Wildman–Crippen MR) is 77.5 cm³/mol. The van der Waals surface area contributed by atoms with Gasteiger partial charge in [-0.15, -0.1) is 0 Å². The number of hydrogen-bond donors (Lipinski definition) is 1. The molecular formula is C15H23FN2O2. The summed E-state index contributed by atoms with van der Waals surface area (Å²) >= 11 is 0. The van der Waals surface area contributed by atoms with Crippen LogP contribution in [-0.2, 0) is 6.54 Å². The molecule has 1 N–H and O–H groups in total. The topological polar surface area (TPSA) is 43.8 Å². The third-order valence-corrected chi connectivity index (χ3v) is 3.31. The van der Waals surface area contributed by atoms with Gasteiger partial charge in [-0.05, 0) is 45.3 Å². The smallest absolute Gasteiger partial charge is 0.338 e. The number of nitrogens with zero attached hydrogens (tertiary/aromatic N) is 2. The van der Waals surface area contributed by atoms with Crippen molar-refractivity contribution in [2.75, 3.05) is 27.2 Å². The lowest BCUT2D eigenvalue weighted by Gasteiger charge is -2.30. The molecule has 0 amide bonds. The first-order valence-corrected chi connectivity index (χ1v) is 6.75. The van der Waals surface area contributed by atoms with Gasteiger partial charge in [-0.2, -0.15) is 0 Å². The first-order valence-electron chi connectivity index (χ1n) is 6.75. The molecule has 0 bridgehead atoms. The van der Waals surface area contributed by atoms with Crippen molar-refractivity contribution in [3.05, 3.63) is 35.1 Å². The highest BCUT2D eigenvalue weighted by atomic mass is 19.1. The van der Waals surface area contributed by atoms with Crippen LogP contribution in [0.3, 0.4) is 0 Å². The molecule has 112 valence electrons. The largest absolute Gasteiger partial charge is 0.478 e. The van der Waals surface area contributed by atoms with E-state index in [1.165, 1.54) is 12.1 Å². The first kappa shape index (κ1) is 16.6. The molecule has 4 nitrogen and oxygen atoms in total. The Morgan fingerprint density at radius 2 is 2.05 bits per heavy atom. The summed E-state index contributed by atoms with van der Waals surface area (Å²) in [5.74, 6) is -1.91. The van der Waals surface area contributed by atoms with Crippen LogP contribution in [0.4, 0.5) is 4.39 Å². The van der Waals surface area contributed by atoms with E-state index in [1.807, 2.05) is 14.1 Å². The Bertz CT molecular complexity index is 463. The lowest BCUT2D eigenvalue weighted by Crippen LogP contribution is -2.39. The molecule has 5 heteroatoms. The van der Waals surface area contributed by atoms with Gasteiger partial charge in [0.15, 0.2) is 0 Å². The van der Waals surface area contributed by atoms with E-state index < -0.39 is 11.8 Å². The molecule has 0 saturated carbocycles. The minimum Gasteiger partial charge on any atom is -0.478 e. The van der Waals surface area contributed by atoms with Crippen molar-refractivity contribution in [3.63, 3.8) is 0 Å². The third kappa shape index (κ3) is 4.58. The molecule has 0 heterocycles. The van der Waals surface area contributed by atoms with E-state index in [-0.39, 0.29) is 5.56 Å². The number of carboxylic acid groups (broad SMARTS) is 1. The van der Waals surface area contributed by atoms with Crippen LogP contribution >= 0.6 is 0 Å². The third-order valence-electron chi connectivity index (χ3n) is 3.31. The molecule has 0 fully saturated rings. The van der Waals surface area contributed by atoms with E-state index in [0.717, 1.165) is 18.7 Å². The molecule has 0 radical (unpaired) electrons.